The molecular formula is C17H21BrN4O3. The number of aromatic nitrogens is 3. The first-order valence-electron chi connectivity index (χ1n) is 8.10. The van der Waals surface area contributed by atoms with Crippen molar-refractivity contribution >= 4 is 22.0 Å². The molecule has 0 spiro atoms. The number of nitrogens with zero attached hydrogens (tertiary/aromatic N) is 4. The van der Waals surface area contributed by atoms with Crippen molar-refractivity contribution in [2.75, 3.05) is 13.1 Å². The zero-order chi connectivity index (χ0) is 18.2. The molecule has 0 aromatic carbocycles. The third-order valence-electron chi connectivity index (χ3n) is 3.85. The Balaban J connectivity index is 1.63. The van der Waals surface area contributed by atoms with Crippen LogP contribution in [0.2, 0.25) is 0 Å². The third kappa shape index (κ3) is 4.31. The molecule has 1 aliphatic heterocycles. The van der Waals surface area contributed by atoms with E-state index in [9.17, 15) is 9.59 Å². The van der Waals surface area contributed by atoms with Gasteiger partial charge in [0.15, 0.2) is 0 Å². The quantitative estimate of drug-likeness (QED) is 0.782. The number of carbonyl (C=O) groups excluding carboxylic acids is 1. The van der Waals surface area contributed by atoms with Gasteiger partial charge >= 0.3 is 6.09 Å². The van der Waals surface area contributed by atoms with E-state index in [1.165, 1.54) is 6.07 Å². The number of halogens is 1. The standard InChI is InChI=1S/C17H21BrN4O3/c1-17(2,3)25-16(24)21-8-12(9-21)7-20-11-14(4-5-15(20)23)22-10-13(18)6-19-22/h4-6,10-12H,7-9H2,1-3H3. The van der Waals surface area contributed by atoms with Gasteiger partial charge in [0.05, 0.1) is 16.4 Å². The van der Waals surface area contributed by atoms with Gasteiger partial charge in [-0.1, -0.05) is 0 Å². The number of ether oxygens (including phenoxy) is 1. The molecule has 1 saturated heterocycles. The fourth-order valence-electron chi connectivity index (χ4n) is 2.68. The van der Waals surface area contributed by atoms with Gasteiger partial charge in [-0.05, 0) is 42.8 Å². The molecule has 0 atom stereocenters. The number of hydrogen-bond donors (Lipinski definition) is 0. The fraction of sp³-hybridized carbons (Fsp3) is 0.471. The SMILES string of the molecule is CC(C)(C)OC(=O)N1CC(Cn2cc(-n3cc(Br)cn3)ccc2=O)C1. The molecule has 0 aliphatic carbocycles. The van der Waals surface area contributed by atoms with Crippen LogP contribution in [0.4, 0.5) is 4.79 Å². The molecule has 0 radical (unpaired) electrons. The predicted octanol–water partition coefficient (Wildman–Crippen LogP) is 2.66. The minimum Gasteiger partial charge on any atom is -0.444 e. The van der Waals surface area contributed by atoms with Crippen molar-refractivity contribution in [2.24, 2.45) is 5.92 Å². The number of rotatable bonds is 3. The maximum atomic E-state index is 12.1. The van der Waals surface area contributed by atoms with Crippen LogP contribution in [0.1, 0.15) is 20.8 Å². The van der Waals surface area contributed by atoms with Gasteiger partial charge in [0.1, 0.15) is 5.60 Å². The van der Waals surface area contributed by atoms with Gasteiger partial charge < -0.3 is 14.2 Å². The number of likely N-dealkylation sites (tertiary alicyclic amines) is 1. The van der Waals surface area contributed by atoms with E-state index in [4.69, 9.17) is 4.74 Å². The largest absolute Gasteiger partial charge is 0.444 e. The minimum absolute atomic E-state index is 0.0642. The molecule has 1 aliphatic rings. The van der Waals surface area contributed by atoms with Gasteiger partial charge in [-0.3, -0.25) is 4.79 Å². The molecule has 2 aromatic heterocycles. The van der Waals surface area contributed by atoms with Crippen molar-refractivity contribution in [1.29, 1.82) is 0 Å². The Bertz CT molecular complexity index is 831. The van der Waals surface area contributed by atoms with Crippen LogP contribution < -0.4 is 5.56 Å². The zero-order valence-corrected chi connectivity index (χ0v) is 16.1. The van der Waals surface area contributed by atoms with Gasteiger partial charge in [0, 0.05) is 44.0 Å². The summed E-state index contributed by atoms with van der Waals surface area (Å²) in [7, 11) is 0. The number of pyridine rings is 1. The summed E-state index contributed by atoms with van der Waals surface area (Å²) in [5, 5.41) is 4.22. The average molecular weight is 409 g/mol. The highest BCUT2D eigenvalue weighted by Gasteiger charge is 2.33. The van der Waals surface area contributed by atoms with Gasteiger partial charge in [0.2, 0.25) is 0 Å². The summed E-state index contributed by atoms with van der Waals surface area (Å²) in [5.41, 5.74) is 0.255. The lowest BCUT2D eigenvalue weighted by atomic mass is 10.0. The summed E-state index contributed by atoms with van der Waals surface area (Å²) in [6.45, 7) is 7.30. The van der Waals surface area contributed by atoms with Crippen LogP contribution >= 0.6 is 15.9 Å². The summed E-state index contributed by atoms with van der Waals surface area (Å²) in [6.07, 6.45) is 5.02. The van der Waals surface area contributed by atoms with Crippen LogP contribution in [0.15, 0.2) is 40.0 Å². The summed E-state index contributed by atoms with van der Waals surface area (Å²) in [5.74, 6) is 0.241. The lowest BCUT2D eigenvalue weighted by Gasteiger charge is -2.40. The van der Waals surface area contributed by atoms with Crippen molar-refractivity contribution in [2.45, 2.75) is 32.9 Å². The topological polar surface area (TPSA) is 69.4 Å². The summed E-state index contributed by atoms with van der Waals surface area (Å²) >= 11 is 3.36. The van der Waals surface area contributed by atoms with Crippen LogP contribution in [-0.2, 0) is 11.3 Å². The molecule has 0 bridgehead atoms. The molecule has 25 heavy (non-hydrogen) atoms. The van der Waals surface area contributed by atoms with E-state index in [-0.39, 0.29) is 17.6 Å². The summed E-state index contributed by atoms with van der Waals surface area (Å²) < 4.78 is 9.59. The van der Waals surface area contributed by atoms with Crippen LogP contribution in [0.25, 0.3) is 5.69 Å². The molecule has 134 valence electrons. The molecular weight excluding hydrogens is 388 g/mol. The lowest BCUT2D eigenvalue weighted by Crippen LogP contribution is -2.53. The smallest absolute Gasteiger partial charge is 0.410 e. The van der Waals surface area contributed by atoms with Crippen LogP contribution in [0, 0.1) is 5.92 Å². The fourth-order valence-corrected chi connectivity index (χ4v) is 2.96. The summed E-state index contributed by atoms with van der Waals surface area (Å²) in [6, 6.07) is 3.28. The van der Waals surface area contributed by atoms with E-state index >= 15 is 0 Å². The van der Waals surface area contributed by atoms with Crippen molar-refractivity contribution in [3.63, 3.8) is 0 Å². The van der Waals surface area contributed by atoms with E-state index in [1.807, 2.05) is 27.0 Å². The molecule has 0 saturated carbocycles. The predicted molar refractivity (Wildman–Crippen MR) is 96.8 cm³/mol. The molecule has 1 amide bonds. The highest BCUT2D eigenvalue weighted by Crippen LogP contribution is 2.21. The summed E-state index contributed by atoms with van der Waals surface area (Å²) in [4.78, 5) is 25.7. The van der Waals surface area contributed by atoms with E-state index in [0.29, 0.717) is 19.6 Å². The van der Waals surface area contributed by atoms with Gasteiger partial charge in [-0.15, -0.1) is 0 Å². The monoisotopic (exact) mass is 408 g/mol. The second kappa shape index (κ2) is 6.67. The van der Waals surface area contributed by atoms with E-state index in [0.717, 1.165) is 10.2 Å². The Labute approximate surface area is 154 Å². The van der Waals surface area contributed by atoms with Gasteiger partial charge in [-0.2, -0.15) is 5.10 Å². The Kier molecular flexibility index (Phi) is 4.73. The molecule has 0 N–H and O–H groups in total. The molecule has 1 fully saturated rings. The van der Waals surface area contributed by atoms with Crippen LogP contribution in [-0.4, -0.2) is 44.0 Å². The highest BCUT2D eigenvalue weighted by atomic mass is 79.9. The Morgan fingerprint density at radius 2 is 2.04 bits per heavy atom. The van der Waals surface area contributed by atoms with Gasteiger partial charge in [0.25, 0.3) is 5.56 Å². The lowest BCUT2D eigenvalue weighted by molar-refractivity contribution is -0.00346. The number of amides is 1. The molecule has 7 nitrogen and oxygen atoms in total. The third-order valence-corrected chi connectivity index (χ3v) is 4.26. The molecule has 0 unspecified atom stereocenters. The first-order chi connectivity index (χ1) is 11.7. The van der Waals surface area contributed by atoms with Crippen LogP contribution in [0.5, 0.6) is 0 Å². The van der Waals surface area contributed by atoms with Crippen molar-refractivity contribution < 1.29 is 9.53 Å². The minimum atomic E-state index is -0.495. The Morgan fingerprint density at radius 3 is 2.64 bits per heavy atom. The first-order valence-corrected chi connectivity index (χ1v) is 8.89. The molecule has 3 heterocycles. The highest BCUT2D eigenvalue weighted by molar-refractivity contribution is 9.10. The second-order valence-corrected chi connectivity index (χ2v) is 8.15. The Morgan fingerprint density at radius 1 is 1.32 bits per heavy atom. The van der Waals surface area contributed by atoms with Gasteiger partial charge in [-0.25, -0.2) is 9.48 Å². The van der Waals surface area contributed by atoms with E-state index < -0.39 is 5.60 Å². The second-order valence-electron chi connectivity index (χ2n) is 7.23. The Hall–Kier alpha value is -2.09. The number of carbonyl (C=O) groups is 1. The van der Waals surface area contributed by atoms with Crippen molar-refractivity contribution in [3.8, 4) is 5.69 Å². The maximum absolute atomic E-state index is 12.1. The average Bonchev–Trinajstić information content (AvgIpc) is 2.88. The maximum Gasteiger partial charge on any atom is 0.410 e. The van der Waals surface area contributed by atoms with Crippen molar-refractivity contribution in [1.82, 2.24) is 19.2 Å². The zero-order valence-electron chi connectivity index (χ0n) is 14.5. The molecule has 2 aromatic rings. The number of hydrogen-bond acceptors (Lipinski definition) is 4. The van der Waals surface area contributed by atoms with Crippen LogP contribution in [0.3, 0.4) is 0 Å². The van der Waals surface area contributed by atoms with E-state index in [1.54, 1.807) is 32.6 Å². The van der Waals surface area contributed by atoms with Crippen molar-refractivity contribution in [3.05, 3.63) is 45.5 Å². The first kappa shape index (κ1) is 17.7. The molecule has 3 rings (SSSR count). The normalized spacial score (nSPS) is 15.1. The van der Waals surface area contributed by atoms with E-state index in [2.05, 4.69) is 21.0 Å². The molecule has 8 heteroatoms.